The second-order valence-corrected chi connectivity index (χ2v) is 5.81. The van der Waals surface area contributed by atoms with Crippen LogP contribution in [0.2, 0.25) is 0 Å². The van der Waals surface area contributed by atoms with Crippen molar-refractivity contribution in [1.29, 1.82) is 0 Å². The van der Waals surface area contributed by atoms with Gasteiger partial charge in [-0.25, -0.2) is 0 Å². The molecule has 87 valence electrons. The fourth-order valence-electron chi connectivity index (χ4n) is 1.71. The molecule has 0 bridgehead atoms. The van der Waals surface area contributed by atoms with E-state index in [1.165, 1.54) is 4.31 Å². The Bertz CT molecular complexity index is 305. The van der Waals surface area contributed by atoms with Crippen LogP contribution in [-0.2, 0) is 14.9 Å². The lowest BCUT2D eigenvalue weighted by molar-refractivity contribution is 0.0283. The Balaban J connectivity index is 1.85. The van der Waals surface area contributed by atoms with E-state index in [4.69, 9.17) is 4.74 Å². The maximum atomic E-state index is 11.7. The van der Waals surface area contributed by atoms with Gasteiger partial charge in [0, 0.05) is 19.1 Å². The summed E-state index contributed by atoms with van der Waals surface area (Å²) in [6, 6.07) is -0.0893. The maximum absolute atomic E-state index is 11.7. The molecule has 2 aliphatic rings. The van der Waals surface area contributed by atoms with Gasteiger partial charge in [0.05, 0.1) is 12.7 Å². The number of nitrogens with zero attached hydrogens (tertiary/aromatic N) is 1. The van der Waals surface area contributed by atoms with Crippen LogP contribution in [0.25, 0.3) is 0 Å². The lowest BCUT2D eigenvalue weighted by Crippen LogP contribution is -2.52. The summed E-state index contributed by atoms with van der Waals surface area (Å²) in [7, 11) is -3.26. The Kier molecular flexibility index (Phi) is 3.30. The zero-order valence-corrected chi connectivity index (χ0v) is 9.50. The van der Waals surface area contributed by atoms with E-state index < -0.39 is 10.2 Å². The Hall–Kier alpha value is -0.170. The highest BCUT2D eigenvalue weighted by atomic mass is 32.2. The van der Waals surface area contributed by atoms with Crippen molar-refractivity contribution >= 4 is 10.2 Å². The molecular formula is C9H17N2O3S. The highest BCUT2D eigenvalue weighted by Gasteiger charge is 2.31. The summed E-state index contributed by atoms with van der Waals surface area (Å²) in [5.41, 5.74) is 0. The average Bonchev–Trinajstić information content (AvgIpc) is 2.04. The van der Waals surface area contributed by atoms with Gasteiger partial charge in [-0.05, 0) is 26.2 Å². The zero-order chi connectivity index (χ0) is 10.9. The number of ether oxygens (including phenoxy) is 1. The first-order valence-electron chi connectivity index (χ1n) is 5.30. The van der Waals surface area contributed by atoms with Crippen molar-refractivity contribution in [3.8, 4) is 0 Å². The molecule has 0 aromatic carbocycles. The zero-order valence-electron chi connectivity index (χ0n) is 8.68. The Labute approximate surface area is 91.0 Å². The van der Waals surface area contributed by atoms with Gasteiger partial charge in [0.1, 0.15) is 0 Å². The van der Waals surface area contributed by atoms with Crippen LogP contribution in [0.4, 0.5) is 0 Å². The summed E-state index contributed by atoms with van der Waals surface area (Å²) < 4.78 is 32.8. The van der Waals surface area contributed by atoms with Gasteiger partial charge in [0.15, 0.2) is 0 Å². The molecular weight excluding hydrogens is 216 g/mol. The topological polar surface area (TPSA) is 58.6 Å². The smallest absolute Gasteiger partial charge is 0.279 e. The van der Waals surface area contributed by atoms with Crippen molar-refractivity contribution in [3.63, 3.8) is 0 Å². The van der Waals surface area contributed by atoms with Gasteiger partial charge in [-0.2, -0.15) is 17.4 Å². The van der Waals surface area contributed by atoms with E-state index in [9.17, 15) is 8.42 Å². The summed E-state index contributed by atoms with van der Waals surface area (Å²) in [6.07, 6.45) is 2.59. The second-order valence-electron chi connectivity index (χ2n) is 4.11. The minimum atomic E-state index is -3.26. The normalized spacial score (nSPS) is 33.7. The Morgan fingerprint density at radius 2 is 2.07 bits per heavy atom. The molecule has 0 aromatic heterocycles. The third kappa shape index (κ3) is 2.69. The first-order chi connectivity index (χ1) is 7.08. The predicted octanol–water partition coefficient (Wildman–Crippen LogP) is -0.0918. The van der Waals surface area contributed by atoms with E-state index in [2.05, 4.69) is 11.6 Å². The highest BCUT2D eigenvalue weighted by molar-refractivity contribution is 7.87. The molecule has 2 fully saturated rings. The van der Waals surface area contributed by atoms with Crippen LogP contribution in [-0.4, -0.2) is 44.6 Å². The van der Waals surface area contributed by atoms with Gasteiger partial charge >= 0.3 is 0 Å². The van der Waals surface area contributed by atoms with E-state index in [1.54, 1.807) is 0 Å². The highest BCUT2D eigenvalue weighted by Crippen LogP contribution is 2.16. The molecule has 2 atom stereocenters. The first kappa shape index (κ1) is 11.3. The predicted molar refractivity (Wildman–Crippen MR) is 56.4 cm³/mol. The molecule has 0 aromatic rings. The lowest BCUT2D eigenvalue weighted by Gasteiger charge is -2.33. The van der Waals surface area contributed by atoms with Gasteiger partial charge in [0.25, 0.3) is 10.2 Å². The van der Waals surface area contributed by atoms with Crippen molar-refractivity contribution in [3.05, 3.63) is 6.92 Å². The molecule has 0 aliphatic carbocycles. The molecule has 0 unspecified atom stereocenters. The monoisotopic (exact) mass is 233 g/mol. The molecule has 2 rings (SSSR count). The van der Waals surface area contributed by atoms with E-state index in [0.29, 0.717) is 19.7 Å². The maximum Gasteiger partial charge on any atom is 0.279 e. The van der Waals surface area contributed by atoms with Gasteiger partial charge in [0.2, 0.25) is 0 Å². The van der Waals surface area contributed by atoms with Crippen molar-refractivity contribution < 1.29 is 13.2 Å². The van der Waals surface area contributed by atoms with Crippen LogP contribution in [0.3, 0.4) is 0 Å². The molecule has 0 amide bonds. The molecule has 2 heterocycles. The van der Waals surface area contributed by atoms with Crippen LogP contribution < -0.4 is 4.72 Å². The molecule has 1 radical (unpaired) electrons. The van der Waals surface area contributed by atoms with Crippen LogP contribution in [0.15, 0.2) is 0 Å². The standard InChI is InChI=1S/C9H17N2O3S/c1-8-3-4-9(7-14-8)10-15(12,13)11-5-2-6-11/h8-10H,1-7H2/t8-,9+/m0/s1. The van der Waals surface area contributed by atoms with Crippen LogP contribution in [0.1, 0.15) is 19.3 Å². The summed E-state index contributed by atoms with van der Waals surface area (Å²) in [4.78, 5) is 0. The third-order valence-electron chi connectivity index (χ3n) is 2.84. The molecule has 1 N–H and O–H groups in total. The van der Waals surface area contributed by atoms with Crippen LogP contribution in [0.5, 0.6) is 0 Å². The minimum absolute atomic E-state index is 0.00904. The molecule has 2 saturated heterocycles. The second kappa shape index (κ2) is 4.37. The SMILES string of the molecule is [CH2][C@H]1CC[C@@H](NS(=O)(=O)N2CCC2)CO1. The Morgan fingerprint density at radius 3 is 2.53 bits per heavy atom. The minimum Gasteiger partial charge on any atom is -0.377 e. The quantitative estimate of drug-likeness (QED) is 0.741. The lowest BCUT2D eigenvalue weighted by atomic mass is 10.1. The van der Waals surface area contributed by atoms with Gasteiger partial charge in [-0.1, -0.05) is 0 Å². The number of hydrogen-bond acceptors (Lipinski definition) is 3. The van der Waals surface area contributed by atoms with Crippen LogP contribution >= 0.6 is 0 Å². The number of hydrogen-bond donors (Lipinski definition) is 1. The van der Waals surface area contributed by atoms with E-state index in [1.807, 2.05) is 0 Å². The molecule has 2 aliphatic heterocycles. The van der Waals surface area contributed by atoms with Crippen LogP contribution in [0, 0.1) is 6.92 Å². The summed E-state index contributed by atoms with van der Waals surface area (Å²) in [5.74, 6) is 0. The van der Waals surface area contributed by atoms with Gasteiger partial charge in [-0.3, -0.25) is 0 Å². The molecule has 0 spiro atoms. The first-order valence-corrected chi connectivity index (χ1v) is 6.74. The average molecular weight is 233 g/mol. The van der Waals surface area contributed by atoms with E-state index in [-0.39, 0.29) is 12.1 Å². The number of nitrogens with one attached hydrogen (secondary N) is 1. The van der Waals surface area contributed by atoms with Crippen molar-refractivity contribution in [2.45, 2.75) is 31.4 Å². The molecule has 0 saturated carbocycles. The van der Waals surface area contributed by atoms with Gasteiger partial charge < -0.3 is 4.74 Å². The van der Waals surface area contributed by atoms with Gasteiger partial charge in [-0.15, -0.1) is 0 Å². The Morgan fingerprint density at radius 1 is 1.33 bits per heavy atom. The molecule has 6 heteroatoms. The van der Waals surface area contributed by atoms with Crippen molar-refractivity contribution in [1.82, 2.24) is 9.03 Å². The fraction of sp³-hybridized carbons (Fsp3) is 0.889. The van der Waals surface area contributed by atoms with E-state index >= 15 is 0 Å². The molecule has 5 nitrogen and oxygen atoms in total. The van der Waals surface area contributed by atoms with Crippen molar-refractivity contribution in [2.24, 2.45) is 0 Å². The molecule has 15 heavy (non-hydrogen) atoms. The summed E-state index contributed by atoms with van der Waals surface area (Å²) in [6.45, 7) is 5.49. The largest absolute Gasteiger partial charge is 0.377 e. The van der Waals surface area contributed by atoms with E-state index in [0.717, 1.165) is 19.3 Å². The summed E-state index contributed by atoms with van der Waals surface area (Å²) >= 11 is 0. The van der Waals surface area contributed by atoms with Crippen molar-refractivity contribution in [2.75, 3.05) is 19.7 Å². The summed E-state index contributed by atoms with van der Waals surface area (Å²) in [5, 5.41) is 0. The third-order valence-corrected chi connectivity index (χ3v) is 4.52. The fourth-order valence-corrected chi connectivity index (χ4v) is 3.21. The number of rotatable bonds is 3.